The van der Waals surface area contributed by atoms with Crippen molar-refractivity contribution >= 4 is 0 Å². The van der Waals surface area contributed by atoms with Crippen LogP contribution in [0.4, 0.5) is 4.39 Å². The predicted octanol–water partition coefficient (Wildman–Crippen LogP) is 2.20. The molecule has 2 saturated heterocycles. The fourth-order valence-corrected chi connectivity index (χ4v) is 3.36. The number of aromatic hydroxyl groups is 1. The van der Waals surface area contributed by atoms with E-state index in [0.29, 0.717) is 18.2 Å². The quantitative estimate of drug-likeness (QED) is 0.887. The van der Waals surface area contributed by atoms with E-state index in [0.717, 1.165) is 19.5 Å². The molecule has 0 aromatic heterocycles. The Labute approximate surface area is 113 Å². The Morgan fingerprint density at radius 2 is 2.05 bits per heavy atom. The largest absolute Gasteiger partial charge is 0.505 e. The number of halogens is 1. The van der Waals surface area contributed by atoms with Gasteiger partial charge in [-0.15, -0.1) is 0 Å². The number of fused-ring (bicyclic) bond motifs is 1. The molecule has 2 aliphatic heterocycles. The second kappa shape index (κ2) is 5.47. The first-order valence-electron chi connectivity index (χ1n) is 7.17. The van der Waals surface area contributed by atoms with Gasteiger partial charge in [0, 0.05) is 24.7 Å². The molecule has 0 amide bonds. The van der Waals surface area contributed by atoms with Gasteiger partial charge in [0.2, 0.25) is 0 Å². The van der Waals surface area contributed by atoms with Crippen LogP contribution >= 0.6 is 0 Å². The number of phenolic OH excluding ortho intramolecular Hbond substituents is 1. The van der Waals surface area contributed by atoms with Crippen LogP contribution in [0.1, 0.15) is 24.8 Å². The van der Waals surface area contributed by atoms with Crippen molar-refractivity contribution in [2.75, 3.05) is 26.2 Å². The van der Waals surface area contributed by atoms with Crippen LogP contribution < -0.4 is 0 Å². The third-order valence-electron chi connectivity index (χ3n) is 4.35. The zero-order chi connectivity index (χ0) is 13.2. The summed E-state index contributed by atoms with van der Waals surface area (Å²) in [6, 6.07) is 5.44. The Bertz CT molecular complexity index is 452. The van der Waals surface area contributed by atoms with Crippen molar-refractivity contribution < 1.29 is 9.50 Å². The second-order valence-electron chi connectivity index (χ2n) is 5.67. The van der Waals surface area contributed by atoms with Gasteiger partial charge in [-0.05, 0) is 45.0 Å². The van der Waals surface area contributed by atoms with Gasteiger partial charge in [-0.2, -0.15) is 0 Å². The van der Waals surface area contributed by atoms with Gasteiger partial charge >= 0.3 is 0 Å². The SMILES string of the molecule is Oc1c(F)cccc1CN1CCCN2CCCC2C1. The highest BCUT2D eigenvalue weighted by Gasteiger charge is 2.28. The number of phenols is 1. The first-order chi connectivity index (χ1) is 9.24. The van der Waals surface area contributed by atoms with Crippen LogP contribution in [-0.2, 0) is 6.54 Å². The van der Waals surface area contributed by atoms with Crippen LogP contribution in [0.5, 0.6) is 5.75 Å². The van der Waals surface area contributed by atoms with Crippen LogP contribution in [0.25, 0.3) is 0 Å². The molecular formula is C15H21FN2O. The molecule has 0 radical (unpaired) electrons. The van der Waals surface area contributed by atoms with Crippen LogP contribution in [0.3, 0.4) is 0 Å². The summed E-state index contributed by atoms with van der Waals surface area (Å²) in [5.74, 6) is -0.704. The Kier molecular flexibility index (Phi) is 3.71. The van der Waals surface area contributed by atoms with Gasteiger partial charge in [0.05, 0.1) is 0 Å². The minimum absolute atomic E-state index is 0.185. The molecule has 1 unspecified atom stereocenters. The number of para-hydroxylation sites is 1. The van der Waals surface area contributed by atoms with Crippen molar-refractivity contribution in [3.8, 4) is 5.75 Å². The van der Waals surface area contributed by atoms with E-state index in [2.05, 4.69) is 9.80 Å². The number of benzene rings is 1. The van der Waals surface area contributed by atoms with Gasteiger partial charge in [0.1, 0.15) is 0 Å². The van der Waals surface area contributed by atoms with Crippen LogP contribution in [0.2, 0.25) is 0 Å². The minimum Gasteiger partial charge on any atom is -0.505 e. The summed E-state index contributed by atoms with van der Waals surface area (Å²) in [5, 5.41) is 9.77. The molecule has 3 rings (SSSR count). The Hall–Kier alpha value is -1.13. The summed E-state index contributed by atoms with van der Waals surface area (Å²) in [6.07, 6.45) is 3.72. The zero-order valence-electron chi connectivity index (χ0n) is 11.2. The lowest BCUT2D eigenvalue weighted by atomic mass is 10.1. The van der Waals surface area contributed by atoms with E-state index in [1.54, 1.807) is 6.07 Å². The van der Waals surface area contributed by atoms with E-state index in [4.69, 9.17) is 0 Å². The van der Waals surface area contributed by atoms with Crippen LogP contribution in [0.15, 0.2) is 18.2 Å². The van der Waals surface area contributed by atoms with E-state index in [1.807, 2.05) is 6.07 Å². The molecule has 0 spiro atoms. The van der Waals surface area contributed by atoms with E-state index in [-0.39, 0.29) is 5.75 Å². The molecule has 1 aromatic rings. The molecule has 2 aliphatic rings. The highest BCUT2D eigenvalue weighted by Crippen LogP contribution is 2.25. The highest BCUT2D eigenvalue weighted by atomic mass is 19.1. The number of nitrogens with zero attached hydrogens (tertiary/aromatic N) is 2. The summed E-state index contributed by atoms with van der Waals surface area (Å²) in [6.45, 7) is 5.12. The molecule has 0 saturated carbocycles. The summed E-state index contributed by atoms with van der Waals surface area (Å²) >= 11 is 0. The summed E-state index contributed by atoms with van der Waals surface area (Å²) in [5.41, 5.74) is 0.700. The lowest BCUT2D eigenvalue weighted by Crippen LogP contribution is -2.36. The Morgan fingerprint density at radius 3 is 2.95 bits per heavy atom. The zero-order valence-corrected chi connectivity index (χ0v) is 11.2. The number of hydrogen-bond acceptors (Lipinski definition) is 3. The number of hydrogen-bond donors (Lipinski definition) is 1. The molecule has 4 heteroatoms. The lowest BCUT2D eigenvalue weighted by molar-refractivity contribution is 0.213. The third kappa shape index (κ3) is 2.74. The maximum absolute atomic E-state index is 13.4. The molecule has 19 heavy (non-hydrogen) atoms. The summed E-state index contributed by atoms with van der Waals surface area (Å²) < 4.78 is 13.4. The van der Waals surface area contributed by atoms with Gasteiger partial charge in [-0.25, -0.2) is 4.39 Å². The summed E-state index contributed by atoms with van der Waals surface area (Å²) in [7, 11) is 0. The van der Waals surface area contributed by atoms with Gasteiger partial charge in [0.15, 0.2) is 11.6 Å². The third-order valence-corrected chi connectivity index (χ3v) is 4.35. The monoisotopic (exact) mass is 264 g/mol. The molecular weight excluding hydrogens is 243 g/mol. The van der Waals surface area contributed by atoms with Crippen molar-refractivity contribution in [2.24, 2.45) is 0 Å². The standard InChI is InChI=1S/C15H21FN2O/c16-14-6-1-4-12(15(14)19)10-17-7-3-9-18-8-2-5-13(18)11-17/h1,4,6,13,19H,2-3,5,7-11H2. The fourth-order valence-electron chi connectivity index (χ4n) is 3.36. The minimum atomic E-state index is -0.519. The van der Waals surface area contributed by atoms with Crippen molar-refractivity contribution in [1.29, 1.82) is 0 Å². The molecule has 3 nitrogen and oxygen atoms in total. The van der Waals surface area contributed by atoms with Gasteiger partial charge in [0.25, 0.3) is 0 Å². The second-order valence-corrected chi connectivity index (χ2v) is 5.67. The van der Waals surface area contributed by atoms with E-state index < -0.39 is 5.82 Å². The van der Waals surface area contributed by atoms with Gasteiger partial charge in [-0.3, -0.25) is 9.80 Å². The van der Waals surface area contributed by atoms with Gasteiger partial charge < -0.3 is 5.11 Å². The van der Waals surface area contributed by atoms with Crippen molar-refractivity contribution in [2.45, 2.75) is 31.8 Å². The normalized spacial score (nSPS) is 25.2. The highest BCUT2D eigenvalue weighted by molar-refractivity contribution is 5.33. The first kappa shape index (κ1) is 12.9. The Balaban J connectivity index is 1.70. The fraction of sp³-hybridized carbons (Fsp3) is 0.600. The van der Waals surface area contributed by atoms with Crippen molar-refractivity contribution in [1.82, 2.24) is 9.80 Å². The predicted molar refractivity (Wildman–Crippen MR) is 72.6 cm³/mol. The molecule has 2 heterocycles. The van der Waals surface area contributed by atoms with E-state index in [9.17, 15) is 9.50 Å². The first-order valence-corrected chi connectivity index (χ1v) is 7.17. The van der Waals surface area contributed by atoms with E-state index >= 15 is 0 Å². The molecule has 2 fully saturated rings. The molecule has 1 aromatic carbocycles. The van der Waals surface area contributed by atoms with Gasteiger partial charge in [-0.1, -0.05) is 12.1 Å². The topological polar surface area (TPSA) is 26.7 Å². The molecule has 0 aliphatic carbocycles. The smallest absolute Gasteiger partial charge is 0.165 e. The number of rotatable bonds is 2. The van der Waals surface area contributed by atoms with Crippen molar-refractivity contribution in [3.05, 3.63) is 29.6 Å². The molecule has 1 atom stereocenters. The average Bonchev–Trinajstić information content (AvgIpc) is 2.74. The maximum atomic E-state index is 13.4. The summed E-state index contributed by atoms with van der Waals surface area (Å²) in [4.78, 5) is 4.93. The lowest BCUT2D eigenvalue weighted by Gasteiger charge is -2.25. The van der Waals surface area contributed by atoms with E-state index in [1.165, 1.54) is 32.0 Å². The maximum Gasteiger partial charge on any atom is 0.165 e. The van der Waals surface area contributed by atoms with Crippen LogP contribution in [0, 0.1) is 5.82 Å². The van der Waals surface area contributed by atoms with Crippen LogP contribution in [-0.4, -0.2) is 47.1 Å². The molecule has 104 valence electrons. The Morgan fingerprint density at radius 1 is 1.21 bits per heavy atom. The average molecular weight is 264 g/mol. The van der Waals surface area contributed by atoms with Crippen molar-refractivity contribution in [3.63, 3.8) is 0 Å². The molecule has 1 N–H and O–H groups in total. The molecule has 0 bridgehead atoms.